The largest absolute Gasteiger partial charge is 0.352 e. The minimum atomic E-state index is -0.425. The Morgan fingerprint density at radius 1 is 1.71 bits per heavy atom. The number of nitrogens with two attached hydrogens (primary N) is 1. The van der Waals surface area contributed by atoms with Gasteiger partial charge in [-0.05, 0) is 31.1 Å². The molecule has 0 bridgehead atoms. The first-order chi connectivity index (χ1) is 6.44. The Morgan fingerprint density at radius 2 is 2.36 bits per heavy atom. The number of urea groups is 1. The van der Waals surface area contributed by atoms with Crippen LogP contribution in [0.2, 0.25) is 0 Å². The molecule has 0 saturated heterocycles. The van der Waals surface area contributed by atoms with Crippen LogP contribution in [0.15, 0.2) is 11.6 Å². The van der Waals surface area contributed by atoms with Gasteiger partial charge in [0.25, 0.3) is 0 Å². The zero-order valence-electron chi connectivity index (χ0n) is 9.26. The third-order valence-electron chi connectivity index (χ3n) is 3.54. The molecule has 0 aromatic rings. The highest BCUT2D eigenvalue weighted by Crippen LogP contribution is 2.44. The van der Waals surface area contributed by atoms with E-state index in [9.17, 15) is 4.79 Å². The maximum absolute atomic E-state index is 10.5. The van der Waals surface area contributed by atoms with E-state index in [1.807, 2.05) is 0 Å². The van der Waals surface area contributed by atoms with Gasteiger partial charge >= 0.3 is 6.03 Å². The number of hydrogen-bond acceptors (Lipinski definition) is 1. The summed E-state index contributed by atoms with van der Waals surface area (Å²) in [6.45, 7) is 7.40. The fourth-order valence-electron chi connectivity index (χ4n) is 2.05. The first-order valence-corrected chi connectivity index (χ1v) is 5.15. The second-order valence-electron chi connectivity index (χ2n) is 4.62. The summed E-state index contributed by atoms with van der Waals surface area (Å²) < 4.78 is 0. The molecular weight excluding hydrogens is 176 g/mol. The summed E-state index contributed by atoms with van der Waals surface area (Å²) in [6, 6.07) is -0.425. The van der Waals surface area contributed by atoms with Gasteiger partial charge in [0.15, 0.2) is 0 Å². The first kappa shape index (κ1) is 11.1. The molecule has 0 heterocycles. The van der Waals surface area contributed by atoms with Crippen LogP contribution in [0.25, 0.3) is 0 Å². The number of amides is 2. The van der Waals surface area contributed by atoms with Crippen LogP contribution >= 0.6 is 0 Å². The van der Waals surface area contributed by atoms with E-state index in [1.165, 1.54) is 5.57 Å². The molecule has 1 rings (SSSR count). The molecule has 3 N–H and O–H groups in total. The maximum atomic E-state index is 10.5. The van der Waals surface area contributed by atoms with Crippen LogP contribution in [0.1, 0.15) is 33.6 Å². The topological polar surface area (TPSA) is 55.1 Å². The number of hydrogen-bond donors (Lipinski definition) is 2. The molecular formula is C11H20N2O. The maximum Gasteiger partial charge on any atom is 0.312 e. The minimum Gasteiger partial charge on any atom is -0.352 e. The van der Waals surface area contributed by atoms with Gasteiger partial charge in [-0.3, -0.25) is 0 Å². The van der Waals surface area contributed by atoms with E-state index in [0.717, 1.165) is 12.8 Å². The Morgan fingerprint density at radius 3 is 2.79 bits per heavy atom. The standard InChI is InChI=1S/C11H20N2O/c1-8-4-5-9(11(8,2)3)6-7-13-10(12)14/h4,9H,5-7H2,1-3H3,(H3,12,13,14). The van der Waals surface area contributed by atoms with Gasteiger partial charge in [0.1, 0.15) is 0 Å². The summed E-state index contributed by atoms with van der Waals surface area (Å²) >= 11 is 0. The third-order valence-corrected chi connectivity index (χ3v) is 3.54. The molecule has 0 saturated carbocycles. The Bertz CT molecular complexity index is 256. The molecule has 0 aromatic heterocycles. The molecule has 1 aliphatic rings. The van der Waals surface area contributed by atoms with Gasteiger partial charge in [-0.15, -0.1) is 0 Å². The van der Waals surface area contributed by atoms with Crippen molar-refractivity contribution < 1.29 is 4.79 Å². The molecule has 3 nitrogen and oxygen atoms in total. The summed E-state index contributed by atoms with van der Waals surface area (Å²) in [4.78, 5) is 10.5. The van der Waals surface area contributed by atoms with Crippen molar-refractivity contribution in [1.82, 2.24) is 5.32 Å². The predicted molar refractivity (Wildman–Crippen MR) is 57.8 cm³/mol. The van der Waals surface area contributed by atoms with Gasteiger partial charge in [-0.2, -0.15) is 0 Å². The van der Waals surface area contributed by atoms with E-state index in [1.54, 1.807) is 0 Å². The lowest BCUT2D eigenvalue weighted by Crippen LogP contribution is -2.32. The smallest absolute Gasteiger partial charge is 0.312 e. The zero-order valence-corrected chi connectivity index (χ0v) is 9.26. The Kier molecular flexibility index (Phi) is 3.19. The highest BCUT2D eigenvalue weighted by Gasteiger charge is 2.34. The van der Waals surface area contributed by atoms with Crippen LogP contribution in [-0.2, 0) is 0 Å². The third kappa shape index (κ3) is 2.28. The van der Waals surface area contributed by atoms with Gasteiger partial charge in [0.2, 0.25) is 0 Å². The van der Waals surface area contributed by atoms with Crippen molar-refractivity contribution in [1.29, 1.82) is 0 Å². The molecule has 0 aromatic carbocycles. The quantitative estimate of drug-likeness (QED) is 0.667. The lowest BCUT2D eigenvalue weighted by Gasteiger charge is -2.29. The monoisotopic (exact) mass is 196 g/mol. The summed E-state index contributed by atoms with van der Waals surface area (Å²) in [6.07, 6.45) is 4.43. The Balaban J connectivity index is 2.38. The fourth-order valence-corrected chi connectivity index (χ4v) is 2.05. The number of rotatable bonds is 3. The number of carbonyl (C=O) groups is 1. The molecule has 80 valence electrons. The SMILES string of the molecule is CC1=CCC(CCNC(N)=O)C1(C)C. The molecule has 0 spiro atoms. The second kappa shape index (κ2) is 4.03. The van der Waals surface area contributed by atoms with Gasteiger partial charge < -0.3 is 11.1 Å². The van der Waals surface area contributed by atoms with Crippen LogP contribution < -0.4 is 11.1 Å². The minimum absolute atomic E-state index is 0.277. The molecule has 1 atom stereocenters. The zero-order chi connectivity index (χ0) is 10.8. The van der Waals surface area contributed by atoms with Crippen molar-refractivity contribution in [3.8, 4) is 0 Å². The van der Waals surface area contributed by atoms with Gasteiger partial charge in [0, 0.05) is 6.54 Å². The van der Waals surface area contributed by atoms with Crippen molar-refractivity contribution in [2.75, 3.05) is 6.54 Å². The van der Waals surface area contributed by atoms with Crippen molar-refractivity contribution in [3.63, 3.8) is 0 Å². The number of nitrogens with one attached hydrogen (secondary N) is 1. The lowest BCUT2D eigenvalue weighted by atomic mass is 9.76. The predicted octanol–water partition coefficient (Wildman–Crippen LogP) is 2.04. The summed E-state index contributed by atoms with van der Waals surface area (Å²) in [7, 11) is 0. The normalized spacial score (nSPS) is 24.5. The number of carbonyl (C=O) groups excluding carboxylic acids is 1. The van der Waals surface area contributed by atoms with E-state index >= 15 is 0 Å². The van der Waals surface area contributed by atoms with Crippen molar-refractivity contribution in [2.24, 2.45) is 17.1 Å². The van der Waals surface area contributed by atoms with Crippen molar-refractivity contribution in [3.05, 3.63) is 11.6 Å². The van der Waals surface area contributed by atoms with Crippen LogP contribution in [-0.4, -0.2) is 12.6 Å². The summed E-state index contributed by atoms with van der Waals surface area (Å²) in [5.74, 6) is 0.634. The molecule has 1 unspecified atom stereocenters. The molecule has 3 heteroatoms. The Labute approximate surface area is 85.7 Å². The average molecular weight is 196 g/mol. The lowest BCUT2D eigenvalue weighted by molar-refractivity contribution is 0.242. The molecule has 0 fully saturated rings. The average Bonchev–Trinajstić information content (AvgIpc) is 2.30. The molecule has 0 aliphatic heterocycles. The van der Waals surface area contributed by atoms with E-state index < -0.39 is 6.03 Å². The van der Waals surface area contributed by atoms with E-state index in [2.05, 4.69) is 32.2 Å². The second-order valence-corrected chi connectivity index (χ2v) is 4.62. The van der Waals surface area contributed by atoms with Gasteiger partial charge in [0.05, 0.1) is 0 Å². The molecule has 1 aliphatic carbocycles. The van der Waals surface area contributed by atoms with Crippen LogP contribution in [0.3, 0.4) is 0 Å². The van der Waals surface area contributed by atoms with E-state index in [4.69, 9.17) is 5.73 Å². The highest BCUT2D eigenvalue weighted by atomic mass is 16.2. The molecule has 0 radical (unpaired) electrons. The molecule has 14 heavy (non-hydrogen) atoms. The van der Waals surface area contributed by atoms with Crippen LogP contribution in [0.5, 0.6) is 0 Å². The van der Waals surface area contributed by atoms with E-state index in [0.29, 0.717) is 12.5 Å². The van der Waals surface area contributed by atoms with Crippen molar-refractivity contribution in [2.45, 2.75) is 33.6 Å². The summed E-state index contributed by atoms with van der Waals surface area (Å²) in [5.41, 5.74) is 6.75. The fraction of sp³-hybridized carbons (Fsp3) is 0.727. The number of allylic oxidation sites excluding steroid dienone is 2. The highest BCUT2D eigenvalue weighted by molar-refractivity contribution is 5.71. The Hall–Kier alpha value is -0.990. The van der Waals surface area contributed by atoms with Crippen LogP contribution in [0.4, 0.5) is 4.79 Å². The summed E-state index contributed by atoms with van der Waals surface area (Å²) in [5, 5.41) is 2.64. The van der Waals surface area contributed by atoms with Gasteiger partial charge in [-0.25, -0.2) is 4.79 Å². The number of primary amides is 1. The van der Waals surface area contributed by atoms with E-state index in [-0.39, 0.29) is 5.41 Å². The first-order valence-electron chi connectivity index (χ1n) is 5.15. The van der Waals surface area contributed by atoms with Gasteiger partial charge in [-0.1, -0.05) is 25.5 Å². The van der Waals surface area contributed by atoms with Crippen LogP contribution in [0, 0.1) is 11.3 Å². The van der Waals surface area contributed by atoms with Crippen molar-refractivity contribution >= 4 is 6.03 Å². The molecule has 2 amide bonds.